The molecule has 4 aromatic rings. The Balaban J connectivity index is 1.57. The third-order valence-electron chi connectivity index (χ3n) is 4.98. The van der Waals surface area contributed by atoms with Crippen molar-refractivity contribution in [3.8, 4) is 0 Å². The molecule has 0 amide bonds. The van der Waals surface area contributed by atoms with Crippen molar-refractivity contribution in [2.24, 2.45) is 0 Å². The average Bonchev–Trinajstić information content (AvgIpc) is 3.17. The van der Waals surface area contributed by atoms with Crippen LogP contribution in [0.3, 0.4) is 0 Å². The summed E-state index contributed by atoms with van der Waals surface area (Å²) in [5, 5.41) is 4.36. The number of carbonyl (C=O) groups is 1. The summed E-state index contributed by atoms with van der Waals surface area (Å²) in [6.07, 6.45) is 4.38. The zero-order chi connectivity index (χ0) is 19.3. The number of H-pyrrole nitrogens is 1. The zero-order valence-corrected chi connectivity index (χ0v) is 15.9. The van der Waals surface area contributed by atoms with Gasteiger partial charge in [-0.25, -0.2) is 0 Å². The van der Waals surface area contributed by atoms with Crippen molar-refractivity contribution in [3.05, 3.63) is 102 Å². The molecule has 4 nitrogen and oxygen atoms in total. The number of aryl methyl sites for hydroxylation is 1. The Morgan fingerprint density at radius 3 is 2.61 bits per heavy atom. The lowest BCUT2D eigenvalue weighted by molar-refractivity contribution is 0.0943. The van der Waals surface area contributed by atoms with Crippen molar-refractivity contribution in [3.63, 3.8) is 0 Å². The number of nitrogens with one attached hydrogen (secondary N) is 2. The van der Waals surface area contributed by atoms with Crippen LogP contribution in [0.5, 0.6) is 0 Å². The summed E-state index contributed by atoms with van der Waals surface area (Å²) >= 11 is 0. The molecule has 4 rings (SSSR count). The zero-order valence-electron chi connectivity index (χ0n) is 15.9. The molecule has 0 fully saturated rings. The van der Waals surface area contributed by atoms with Crippen LogP contribution < -0.4 is 5.32 Å². The van der Waals surface area contributed by atoms with E-state index in [2.05, 4.69) is 46.5 Å². The molecule has 1 unspecified atom stereocenters. The van der Waals surface area contributed by atoms with Crippen molar-refractivity contribution >= 4 is 16.7 Å². The highest BCUT2D eigenvalue weighted by Gasteiger charge is 2.24. The van der Waals surface area contributed by atoms with Crippen LogP contribution in [-0.4, -0.2) is 22.3 Å². The van der Waals surface area contributed by atoms with E-state index in [-0.39, 0.29) is 5.78 Å². The Morgan fingerprint density at radius 1 is 1.04 bits per heavy atom. The van der Waals surface area contributed by atoms with E-state index in [0.717, 1.165) is 23.0 Å². The molecule has 2 aromatic carbocycles. The number of nitrogens with zero attached hydrogens (tertiary/aromatic N) is 1. The van der Waals surface area contributed by atoms with Crippen molar-refractivity contribution in [2.45, 2.75) is 19.4 Å². The fourth-order valence-corrected chi connectivity index (χ4v) is 3.42. The second-order valence-corrected chi connectivity index (χ2v) is 6.99. The monoisotopic (exact) mass is 369 g/mol. The van der Waals surface area contributed by atoms with E-state index >= 15 is 0 Å². The lowest BCUT2D eigenvalue weighted by Crippen LogP contribution is -2.31. The van der Waals surface area contributed by atoms with Crippen LogP contribution in [0.2, 0.25) is 0 Å². The van der Waals surface area contributed by atoms with E-state index in [1.165, 1.54) is 11.1 Å². The summed E-state index contributed by atoms with van der Waals surface area (Å²) < 4.78 is 0. The fraction of sp³-hybridized carbons (Fsp3) is 0.167. The van der Waals surface area contributed by atoms with Crippen LogP contribution in [0, 0.1) is 6.92 Å². The van der Waals surface area contributed by atoms with Gasteiger partial charge in [-0.2, -0.15) is 0 Å². The quantitative estimate of drug-likeness (QED) is 0.467. The molecular formula is C24H23N3O. The van der Waals surface area contributed by atoms with Gasteiger partial charge in [0.1, 0.15) is 6.04 Å². The van der Waals surface area contributed by atoms with Crippen molar-refractivity contribution in [1.29, 1.82) is 0 Å². The van der Waals surface area contributed by atoms with Crippen LogP contribution in [-0.2, 0) is 6.42 Å². The maximum absolute atomic E-state index is 13.4. The number of fused-ring (bicyclic) bond motifs is 1. The first kappa shape index (κ1) is 18.1. The fourth-order valence-electron chi connectivity index (χ4n) is 3.42. The third-order valence-corrected chi connectivity index (χ3v) is 4.98. The number of pyridine rings is 1. The maximum atomic E-state index is 13.4. The van der Waals surface area contributed by atoms with E-state index in [1.807, 2.05) is 42.5 Å². The van der Waals surface area contributed by atoms with Crippen molar-refractivity contribution < 1.29 is 4.79 Å². The largest absolute Gasteiger partial charge is 0.360 e. The first-order valence-corrected chi connectivity index (χ1v) is 9.52. The number of aromatic nitrogens is 2. The van der Waals surface area contributed by atoms with E-state index in [1.54, 1.807) is 12.4 Å². The van der Waals surface area contributed by atoms with Gasteiger partial charge >= 0.3 is 0 Å². The van der Waals surface area contributed by atoms with Gasteiger partial charge in [0.15, 0.2) is 5.78 Å². The number of benzene rings is 2. The minimum atomic E-state index is -0.481. The molecule has 28 heavy (non-hydrogen) atoms. The Bertz CT molecular complexity index is 1070. The average molecular weight is 369 g/mol. The summed E-state index contributed by atoms with van der Waals surface area (Å²) in [5.41, 5.74) is 4.89. The topological polar surface area (TPSA) is 57.8 Å². The van der Waals surface area contributed by atoms with E-state index in [9.17, 15) is 4.79 Å². The summed E-state index contributed by atoms with van der Waals surface area (Å²) in [4.78, 5) is 21.0. The highest BCUT2D eigenvalue weighted by atomic mass is 16.1. The summed E-state index contributed by atoms with van der Waals surface area (Å²) in [6.45, 7) is 2.78. The smallest absolute Gasteiger partial charge is 0.188 e. The van der Waals surface area contributed by atoms with E-state index in [0.29, 0.717) is 12.1 Å². The summed E-state index contributed by atoms with van der Waals surface area (Å²) in [6, 6.07) is 21.6. The summed E-state index contributed by atoms with van der Waals surface area (Å²) in [7, 11) is 0. The third kappa shape index (κ3) is 3.87. The Kier molecular flexibility index (Phi) is 5.31. The standard InChI is InChI=1S/C24H23N3O/c1-17-9-11-18(12-10-17)13-15-26-23(22-8-4-5-14-25-22)24(28)20-16-27-21-7-3-2-6-19(20)21/h2-12,14,16,23,26-27H,13,15H2,1H3. The highest BCUT2D eigenvalue weighted by molar-refractivity contribution is 6.10. The second-order valence-electron chi connectivity index (χ2n) is 6.99. The van der Waals surface area contributed by atoms with Gasteiger partial charge < -0.3 is 10.3 Å². The number of aromatic amines is 1. The number of carbonyl (C=O) groups excluding carboxylic acids is 1. The van der Waals surface area contributed by atoms with Crippen LogP contribution in [0.1, 0.15) is 33.2 Å². The van der Waals surface area contributed by atoms with Gasteiger partial charge in [-0.15, -0.1) is 0 Å². The SMILES string of the molecule is Cc1ccc(CCNC(C(=O)c2c[nH]c3ccccc23)c2ccccn2)cc1. The molecular weight excluding hydrogens is 346 g/mol. The number of Topliss-reactive ketones (excluding diaryl/α,β-unsaturated/α-hetero) is 1. The molecule has 2 N–H and O–H groups in total. The van der Waals surface area contributed by atoms with E-state index in [4.69, 9.17) is 0 Å². The molecule has 2 heterocycles. The molecule has 0 saturated heterocycles. The Morgan fingerprint density at radius 2 is 1.82 bits per heavy atom. The Hall–Kier alpha value is -3.24. The van der Waals surface area contributed by atoms with Gasteiger partial charge in [0.2, 0.25) is 0 Å². The van der Waals surface area contributed by atoms with Crippen LogP contribution in [0.15, 0.2) is 79.1 Å². The molecule has 0 spiro atoms. The molecule has 140 valence electrons. The summed E-state index contributed by atoms with van der Waals surface area (Å²) in [5.74, 6) is 0.0278. The number of para-hydroxylation sites is 1. The molecule has 0 radical (unpaired) electrons. The molecule has 0 saturated carbocycles. The first-order chi connectivity index (χ1) is 13.7. The van der Waals surface area contributed by atoms with Gasteiger partial charge in [-0.3, -0.25) is 9.78 Å². The van der Waals surface area contributed by atoms with Gasteiger partial charge in [-0.1, -0.05) is 54.1 Å². The predicted molar refractivity (Wildman–Crippen MR) is 112 cm³/mol. The van der Waals surface area contributed by atoms with Gasteiger partial charge in [0, 0.05) is 35.4 Å². The lowest BCUT2D eigenvalue weighted by Gasteiger charge is -2.17. The van der Waals surface area contributed by atoms with Gasteiger partial charge in [-0.05, 0) is 37.1 Å². The van der Waals surface area contributed by atoms with Crippen molar-refractivity contribution in [1.82, 2.24) is 15.3 Å². The van der Waals surface area contributed by atoms with Crippen molar-refractivity contribution in [2.75, 3.05) is 6.54 Å². The van der Waals surface area contributed by atoms with Crippen LogP contribution >= 0.6 is 0 Å². The minimum absolute atomic E-state index is 0.0278. The molecule has 0 bridgehead atoms. The molecule has 0 aliphatic carbocycles. The maximum Gasteiger partial charge on any atom is 0.188 e. The predicted octanol–water partition coefficient (Wildman–Crippen LogP) is 4.63. The number of hydrogen-bond acceptors (Lipinski definition) is 3. The number of hydrogen-bond donors (Lipinski definition) is 2. The molecule has 0 aliphatic rings. The van der Waals surface area contributed by atoms with Gasteiger partial charge in [0.25, 0.3) is 0 Å². The number of rotatable bonds is 7. The highest BCUT2D eigenvalue weighted by Crippen LogP contribution is 2.24. The lowest BCUT2D eigenvalue weighted by atomic mass is 10.00. The number of ketones is 1. The Labute approximate surface area is 164 Å². The normalized spacial score (nSPS) is 12.2. The molecule has 4 heteroatoms. The van der Waals surface area contributed by atoms with Crippen LogP contribution in [0.25, 0.3) is 10.9 Å². The second kappa shape index (κ2) is 8.19. The van der Waals surface area contributed by atoms with Crippen LogP contribution in [0.4, 0.5) is 0 Å². The van der Waals surface area contributed by atoms with E-state index < -0.39 is 6.04 Å². The first-order valence-electron chi connectivity index (χ1n) is 9.52. The molecule has 2 aromatic heterocycles. The minimum Gasteiger partial charge on any atom is -0.360 e. The molecule has 0 aliphatic heterocycles. The molecule has 1 atom stereocenters. The van der Waals surface area contributed by atoms with Gasteiger partial charge in [0.05, 0.1) is 5.69 Å².